The maximum atomic E-state index is 4.42. The molecule has 0 aromatic carbocycles. The van der Waals surface area contributed by atoms with Gasteiger partial charge in [0.1, 0.15) is 12.2 Å². The molecule has 1 N–H and O–H groups in total. The van der Waals surface area contributed by atoms with Crippen LogP contribution >= 0.6 is 0 Å². The quantitative estimate of drug-likeness (QED) is 0.871. The predicted octanol–water partition coefficient (Wildman–Crippen LogP) is 1.12. The van der Waals surface area contributed by atoms with E-state index in [0.29, 0.717) is 5.92 Å². The average Bonchev–Trinajstić information content (AvgIpc) is 2.68. The normalized spacial score (nSPS) is 20.5. The van der Waals surface area contributed by atoms with Crippen molar-refractivity contribution in [3.05, 3.63) is 12.2 Å². The van der Waals surface area contributed by atoms with Crippen molar-refractivity contribution in [2.75, 3.05) is 19.6 Å². The molecule has 1 aliphatic rings. The summed E-state index contributed by atoms with van der Waals surface area (Å²) in [5.41, 5.74) is 0.187. The monoisotopic (exact) mass is 251 g/mol. The van der Waals surface area contributed by atoms with E-state index in [1.807, 2.05) is 4.68 Å². The van der Waals surface area contributed by atoms with Crippen LogP contribution in [0, 0.1) is 5.92 Å². The van der Waals surface area contributed by atoms with Crippen LogP contribution in [0.15, 0.2) is 6.33 Å². The molecule has 5 heteroatoms. The third-order valence-corrected chi connectivity index (χ3v) is 3.54. The van der Waals surface area contributed by atoms with Crippen LogP contribution in [0.5, 0.6) is 0 Å². The summed E-state index contributed by atoms with van der Waals surface area (Å²) in [7, 11) is 0. The smallest absolute Gasteiger partial charge is 0.141 e. The Balaban J connectivity index is 2.06. The molecule has 0 atom stereocenters. The van der Waals surface area contributed by atoms with Gasteiger partial charge in [0.05, 0.1) is 6.54 Å². The molecule has 0 aliphatic carbocycles. The Labute approximate surface area is 110 Å². The van der Waals surface area contributed by atoms with Crippen molar-refractivity contribution >= 4 is 0 Å². The molecule has 5 nitrogen and oxygen atoms in total. The summed E-state index contributed by atoms with van der Waals surface area (Å²) < 4.78 is 2.04. The van der Waals surface area contributed by atoms with Crippen LogP contribution in [0.3, 0.4) is 0 Å². The molecule has 1 aromatic rings. The Kier molecular flexibility index (Phi) is 4.02. The Morgan fingerprint density at radius 1 is 1.44 bits per heavy atom. The number of nitrogens with one attached hydrogen (secondary N) is 1. The summed E-state index contributed by atoms with van der Waals surface area (Å²) >= 11 is 0. The van der Waals surface area contributed by atoms with Crippen molar-refractivity contribution in [3.63, 3.8) is 0 Å². The van der Waals surface area contributed by atoms with Crippen LogP contribution in [0.2, 0.25) is 0 Å². The van der Waals surface area contributed by atoms with Gasteiger partial charge in [0.25, 0.3) is 0 Å². The van der Waals surface area contributed by atoms with Crippen LogP contribution in [-0.2, 0) is 13.1 Å². The van der Waals surface area contributed by atoms with E-state index >= 15 is 0 Å². The van der Waals surface area contributed by atoms with Crippen LogP contribution in [0.4, 0.5) is 0 Å². The van der Waals surface area contributed by atoms with E-state index < -0.39 is 0 Å². The molecule has 1 aliphatic heterocycles. The highest BCUT2D eigenvalue weighted by Crippen LogP contribution is 2.18. The zero-order valence-electron chi connectivity index (χ0n) is 12.0. The molecule has 102 valence electrons. The SMILES string of the molecule is CC(C)Cn1ncnc1CN1CCNCC1(C)C. The van der Waals surface area contributed by atoms with Gasteiger partial charge in [-0.3, -0.25) is 4.90 Å². The van der Waals surface area contributed by atoms with Gasteiger partial charge in [0.2, 0.25) is 0 Å². The molecule has 0 spiro atoms. The van der Waals surface area contributed by atoms with Crippen LogP contribution < -0.4 is 5.32 Å². The zero-order valence-corrected chi connectivity index (χ0v) is 12.0. The van der Waals surface area contributed by atoms with Crippen LogP contribution in [0.25, 0.3) is 0 Å². The zero-order chi connectivity index (χ0) is 13.2. The van der Waals surface area contributed by atoms with Crippen molar-refractivity contribution in [1.82, 2.24) is 25.0 Å². The summed E-state index contributed by atoms with van der Waals surface area (Å²) in [6.45, 7) is 14.0. The number of aromatic nitrogens is 3. The second kappa shape index (κ2) is 5.36. The fourth-order valence-electron chi connectivity index (χ4n) is 2.40. The third kappa shape index (κ3) is 3.09. The van der Waals surface area contributed by atoms with Crippen LogP contribution in [0.1, 0.15) is 33.5 Å². The van der Waals surface area contributed by atoms with Crippen LogP contribution in [-0.4, -0.2) is 44.8 Å². The lowest BCUT2D eigenvalue weighted by Gasteiger charge is -2.42. The first-order valence-electron chi connectivity index (χ1n) is 6.81. The summed E-state index contributed by atoms with van der Waals surface area (Å²) in [5, 5.41) is 7.78. The summed E-state index contributed by atoms with van der Waals surface area (Å²) in [5.74, 6) is 1.68. The fourth-order valence-corrected chi connectivity index (χ4v) is 2.40. The van der Waals surface area contributed by atoms with Crippen molar-refractivity contribution in [3.8, 4) is 0 Å². The van der Waals surface area contributed by atoms with Gasteiger partial charge in [0.15, 0.2) is 0 Å². The molecular weight excluding hydrogens is 226 g/mol. The lowest BCUT2D eigenvalue weighted by atomic mass is 10.0. The Morgan fingerprint density at radius 3 is 2.89 bits per heavy atom. The first kappa shape index (κ1) is 13.5. The lowest BCUT2D eigenvalue weighted by Crippen LogP contribution is -2.57. The lowest BCUT2D eigenvalue weighted by molar-refractivity contribution is 0.0780. The van der Waals surface area contributed by atoms with E-state index in [-0.39, 0.29) is 5.54 Å². The standard InChI is InChI=1S/C13H25N5/c1-11(2)7-18-12(15-10-16-18)8-17-6-5-14-9-13(17,3)4/h10-11,14H,5-9H2,1-4H3. The maximum Gasteiger partial charge on any atom is 0.141 e. The van der Waals surface area contributed by atoms with E-state index in [4.69, 9.17) is 0 Å². The van der Waals surface area contributed by atoms with Crippen molar-refractivity contribution in [2.45, 2.75) is 46.3 Å². The second-order valence-electron chi connectivity index (χ2n) is 6.16. The molecular formula is C13H25N5. The highest BCUT2D eigenvalue weighted by atomic mass is 15.4. The van der Waals surface area contributed by atoms with E-state index in [2.05, 4.69) is 48.0 Å². The minimum atomic E-state index is 0.187. The molecule has 1 aromatic heterocycles. The first-order chi connectivity index (χ1) is 8.49. The molecule has 1 fully saturated rings. The van der Waals surface area contributed by atoms with Crippen molar-refractivity contribution in [2.24, 2.45) is 5.92 Å². The first-order valence-corrected chi connectivity index (χ1v) is 6.81. The Morgan fingerprint density at radius 2 is 2.22 bits per heavy atom. The second-order valence-corrected chi connectivity index (χ2v) is 6.16. The molecule has 0 radical (unpaired) electrons. The molecule has 2 heterocycles. The Hall–Kier alpha value is -0.940. The molecule has 18 heavy (non-hydrogen) atoms. The highest BCUT2D eigenvalue weighted by Gasteiger charge is 2.30. The number of piperazine rings is 1. The Bertz CT molecular complexity index is 382. The number of hydrogen-bond acceptors (Lipinski definition) is 4. The average molecular weight is 251 g/mol. The number of hydrogen-bond donors (Lipinski definition) is 1. The van der Waals surface area contributed by atoms with Crippen molar-refractivity contribution < 1.29 is 0 Å². The summed E-state index contributed by atoms with van der Waals surface area (Å²) in [6.07, 6.45) is 1.67. The molecule has 0 amide bonds. The van der Waals surface area contributed by atoms with Gasteiger partial charge in [-0.1, -0.05) is 13.8 Å². The van der Waals surface area contributed by atoms with Gasteiger partial charge >= 0.3 is 0 Å². The van der Waals surface area contributed by atoms with Gasteiger partial charge < -0.3 is 5.32 Å². The van der Waals surface area contributed by atoms with Gasteiger partial charge in [-0.2, -0.15) is 5.10 Å². The molecule has 0 unspecified atom stereocenters. The molecule has 0 saturated carbocycles. The van der Waals surface area contributed by atoms with E-state index in [1.165, 1.54) is 0 Å². The largest absolute Gasteiger partial charge is 0.314 e. The minimum Gasteiger partial charge on any atom is -0.314 e. The molecule has 1 saturated heterocycles. The maximum absolute atomic E-state index is 4.42. The third-order valence-electron chi connectivity index (χ3n) is 3.54. The topological polar surface area (TPSA) is 46.0 Å². The minimum absolute atomic E-state index is 0.187. The fraction of sp³-hybridized carbons (Fsp3) is 0.846. The molecule has 2 rings (SSSR count). The summed E-state index contributed by atoms with van der Waals surface area (Å²) in [6, 6.07) is 0. The predicted molar refractivity (Wildman–Crippen MR) is 72.2 cm³/mol. The van der Waals surface area contributed by atoms with Gasteiger partial charge in [-0.25, -0.2) is 9.67 Å². The van der Waals surface area contributed by atoms with Crippen molar-refractivity contribution in [1.29, 1.82) is 0 Å². The van der Waals surface area contributed by atoms with Gasteiger partial charge in [0, 0.05) is 31.7 Å². The van der Waals surface area contributed by atoms with Gasteiger partial charge in [-0.05, 0) is 19.8 Å². The summed E-state index contributed by atoms with van der Waals surface area (Å²) in [4.78, 5) is 6.91. The van der Waals surface area contributed by atoms with E-state index in [1.54, 1.807) is 6.33 Å². The molecule has 0 bridgehead atoms. The van der Waals surface area contributed by atoms with E-state index in [0.717, 1.165) is 38.5 Å². The number of nitrogens with zero attached hydrogens (tertiary/aromatic N) is 4. The van der Waals surface area contributed by atoms with Gasteiger partial charge in [-0.15, -0.1) is 0 Å². The van der Waals surface area contributed by atoms with E-state index in [9.17, 15) is 0 Å². The highest BCUT2D eigenvalue weighted by molar-refractivity contribution is 4.93. The number of rotatable bonds is 4.